The van der Waals surface area contributed by atoms with Gasteiger partial charge in [0, 0.05) is 0 Å². The number of hydrogen-bond donors (Lipinski definition) is 0. The molecule has 1 heterocycles. The van der Waals surface area contributed by atoms with E-state index in [0.29, 0.717) is 6.61 Å². The molecule has 0 radical (unpaired) electrons. The molecule has 1 aliphatic heterocycles. The molecule has 4 heteroatoms. The molecule has 3 nitrogen and oxygen atoms in total. The van der Waals surface area contributed by atoms with Crippen molar-refractivity contribution >= 4 is 12.6 Å². The SMILES string of the molecule is Cc1ccccc1OCc1ccc(B2OC(C)(C)C(C)(C)O2)cc1. The van der Waals surface area contributed by atoms with Crippen molar-refractivity contribution in [3.63, 3.8) is 0 Å². The maximum Gasteiger partial charge on any atom is 0.494 e. The second-order valence-corrected chi connectivity index (χ2v) is 7.38. The zero-order chi connectivity index (χ0) is 17.4. The number of aryl methyl sites for hydroxylation is 1. The van der Waals surface area contributed by atoms with Crippen molar-refractivity contribution in [2.24, 2.45) is 0 Å². The van der Waals surface area contributed by atoms with E-state index in [9.17, 15) is 0 Å². The molecule has 2 aromatic carbocycles. The summed E-state index contributed by atoms with van der Waals surface area (Å²) in [5.74, 6) is 0.924. The Balaban J connectivity index is 1.65. The van der Waals surface area contributed by atoms with Crippen LogP contribution < -0.4 is 10.2 Å². The van der Waals surface area contributed by atoms with Gasteiger partial charge in [-0.25, -0.2) is 0 Å². The van der Waals surface area contributed by atoms with Crippen molar-refractivity contribution in [3.05, 3.63) is 59.7 Å². The molecule has 3 rings (SSSR count). The number of benzene rings is 2. The van der Waals surface area contributed by atoms with E-state index >= 15 is 0 Å². The molecule has 0 aromatic heterocycles. The number of para-hydroxylation sites is 1. The van der Waals surface area contributed by atoms with Crippen molar-refractivity contribution in [1.82, 2.24) is 0 Å². The molecule has 0 unspecified atom stereocenters. The summed E-state index contributed by atoms with van der Waals surface area (Å²) in [7, 11) is -0.318. The van der Waals surface area contributed by atoms with Gasteiger partial charge in [-0.2, -0.15) is 0 Å². The van der Waals surface area contributed by atoms with Crippen molar-refractivity contribution in [3.8, 4) is 5.75 Å². The summed E-state index contributed by atoms with van der Waals surface area (Å²) in [5.41, 5.74) is 2.67. The largest absolute Gasteiger partial charge is 0.494 e. The van der Waals surface area contributed by atoms with Crippen LogP contribution in [0.5, 0.6) is 5.75 Å². The third-order valence-corrected chi connectivity index (χ3v) is 4.99. The molecular weight excluding hydrogens is 299 g/mol. The van der Waals surface area contributed by atoms with E-state index in [-0.39, 0.29) is 18.3 Å². The fraction of sp³-hybridized carbons (Fsp3) is 0.400. The van der Waals surface area contributed by atoms with E-state index in [1.807, 2.05) is 18.2 Å². The minimum Gasteiger partial charge on any atom is -0.489 e. The maximum atomic E-state index is 6.08. The first kappa shape index (κ1) is 17.1. The Morgan fingerprint density at radius 3 is 2.04 bits per heavy atom. The lowest BCUT2D eigenvalue weighted by Crippen LogP contribution is -2.41. The summed E-state index contributed by atoms with van der Waals surface area (Å²) < 4.78 is 18.1. The second-order valence-electron chi connectivity index (χ2n) is 7.38. The van der Waals surface area contributed by atoms with Gasteiger partial charge >= 0.3 is 7.12 Å². The van der Waals surface area contributed by atoms with Gasteiger partial charge in [-0.05, 0) is 57.3 Å². The average molecular weight is 324 g/mol. The monoisotopic (exact) mass is 324 g/mol. The molecule has 2 aromatic rings. The number of ether oxygens (including phenoxy) is 1. The van der Waals surface area contributed by atoms with Gasteiger partial charge in [-0.3, -0.25) is 0 Å². The highest BCUT2D eigenvalue weighted by Crippen LogP contribution is 2.36. The average Bonchev–Trinajstić information content (AvgIpc) is 2.75. The first-order chi connectivity index (χ1) is 11.3. The van der Waals surface area contributed by atoms with Gasteiger partial charge in [0.2, 0.25) is 0 Å². The van der Waals surface area contributed by atoms with Crippen LogP contribution in [0.15, 0.2) is 48.5 Å². The van der Waals surface area contributed by atoms with E-state index in [1.54, 1.807) is 0 Å². The Bertz CT molecular complexity index is 691. The Kier molecular flexibility index (Phi) is 4.45. The predicted octanol–water partition coefficient (Wildman–Crippen LogP) is 3.87. The third-order valence-electron chi connectivity index (χ3n) is 4.99. The van der Waals surface area contributed by atoms with Crippen LogP contribution in [0, 0.1) is 6.92 Å². The Labute approximate surface area is 145 Å². The van der Waals surface area contributed by atoms with E-state index in [0.717, 1.165) is 22.3 Å². The van der Waals surface area contributed by atoms with Crippen LogP contribution in [0.2, 0.25) is 0 Å². The predicted molar refractivity (Wildman–Crippen MR) is 97.7 cm³/mol. The summed E-state index contributed by atoms with van der Waals surface area (Å²) in [6, 6.07) is 16.3. The molecule has 1 fully saturated rings. The zero-order valence-electron chi connectivity index (χ0n) is 15.1. The summed E-state index contributed by atoms with van der Waals surface area (Å²) >= 11 is 0. The fourth-order valence-electron chi connectivity index (χ4n) is 2.63. The van der Waals surface area contributed by atoms with E-state index in [1.165, 1.54) is 0 Å². The minimum absolute atomic E-state index is 0.315. The molecule has 0 saturated carbocycles. The molecule has 0 bridgehead atoms. The molecule has 0 amide bonds. The lowest BCUT2D eigenvalue weighted by atomic mass is 9.79. The van der Waals surface area contributed by atoms with E-state index in [4.69, 9.17) is 14.0 Å². The summed E-state index contributed by atoms with van der Waals surface area (Å²) in [5, 5.41) is 0. The lowest BCUT2D eigenvalue weighted by Gasteiger charge is -2.32. The van der Waals surface area contributed by atoms with Crippen LogP contribution in [0.4, 0.5) is 0 Å². The molecule has 0 aliphatic carbocycles. The number of rotatable bonds is 4. The van der Waals surface area contributed by atoms with Crippen molar-refractivity contribution in [2.45, 2.75) is 52.4 Å². The first-order valence-corrected chi connectivity index (χ1v) is 8.41. The van der Waals surface area contributed by atoms with Gasteiger partial charge in [-0.1, -0.05) is 42.5 Å². The summed E-state index contributed by atoms with van der Waals surface area (Å²) in [6.45, 7) is 10.9. The van der Waals surface area contributed by atoms with Gasteiger partial charge in [0.1, 0.15) is 12.4 Å². The quantitative estimate of drug-likeness (QED) is 0.799. The second kappa shape index (κ2) is 6.27. The maximum absolute atomic E-state index is 6.08. The highest BCUT2D eigenvalue weighted by Gasteiger charge is 2.51. The van der Waals surface area contributed by atoms with Gasteiger partial charge in [0.25, 0.3) is 0 Å². The molecule has 126 valence electrons. The van der Waals surface area contributed by atoms with Gasteiger partial charge < -0.3 is 14.0 Å². The number of hydrogen-bond acceptors (Lipinski definition) is 3. The molecule has 0 N–H and O–H groups in total. The van der Waals surface area contributed by atoms with Crippen molar-refractivity contribution < 1.29 is 14.0 Å². The molecule has 1 aliphatic rings. The van der Waals surface area contributed by atoms with Gasteiger partial charge in [0.15, 0.2) is 0 Å². The normalized spacial score (nSPS) is 18.6. The van der Waals surface area contributed by atoms with E-state index < -0.39 is 0 Å². The zero-order valence-corrected chi connectivity index (χ0v) is 15.1. The summed E-state index contributed by atoms with van der Waals surface area (Å²) in [6.07, 6.45) is 0. The Morgan fingerprint density at radius 1 is 0.875 bits per heavy atom. The van der Waals surface area contributed by atoms with Crippen LogP contribution in [0.3, 0.4) is 0 Å². The van der Waals surface area contributed by atoms with Gasteiger partial charge in [-0.15, -0.1) is 0 Å². The smallest absolute Gasteiger partial charge is 0.489 e. The van der Waals surface area contributed by atoms with Crippen LogP contribution in [0.1, 0.15) is 38.8 Å². The van der Waals surface area contributed by atoms with Crippen molar-refractivity contribution in [1.29, 1.82) is 0 Å². The highest BCUT2D eigenvalue weighted by atomic mass is 16.7. The molecule has 1 saturated heterocycles. The minimum atomic E-state index is -0.318. The van der Waals surface area contributed by atoms with E-state index in [2.05, 4.69) is 65.0 Å². The lowest BCUT2D eigenvalue weighted by molar-refractivity contribution is 0.00578. The van der Waals surface area contributed by atoms with Gasteiger partial charge in [0.05, 0.1) is 11.2 Å². The fourth-order valence-corrected chi connectivity index (χ4v) is 2.63. The molecule has 24 heavy (non-hydrogen) atoms. The van der Waals surface area contributed by atoms with Crippen molar-refractivity contribution in [2.75, 3.05) is 0 Å². The molecular formula is C20H25BO3. The first-order valence-electron chi connectivity index (χ1n) is 8.41. The Hall–Kier alpha value is -1.78. The highest BCUT2D eigenvalue weighted by molar-refractivity contribution is 6.62. The Morgan fingerprint density at radius 2 is 1.46 bits per heavy atom. The van der Waals surface area contributed by atoms with Crippen LogP contribution in [0.25, 0.3) is 0 Å². The van der Waals surface area contributed by atoms with Crippen LogP contribution in [-0.4, -0.2) is 18.3 Å². The van der Waals surface area contributed by atoms with Crippen LogP contribution in [-0.2, 0) is 15.9 Å². The molecule has 0 atom stereocenters. The standard InChI is InChI=1S/C20H25BO3/c1-15-8-6-7-9-18(15)22-14-16-10-12-17(13-11-16)21-23-19(2,3)20(4,5)24-21/h6-13H,14H2,1-5H3. The van der Waals surface area contributed by atoms with Crippen LogP contribution >= 0.6 is 0 Å². The molecule has 0 spiro atoms. The third kappa shape index (κ3) is 3.35. The summed E-state index contributed by atoms with van der Waals surface area (Å²) in [4.78, 5) is 0. The topological polar surface area (TPSA) is 27.7 Å².